The Kier molecular flexibility index (Phi) is 8.12. The summed E-state index contributed by atoms with van der Waals surface area (Å²) in [6.45, 7) is 2.29. The lowest BCUT2D eigenvalue weighted by Gasteiger charge is -2.25. The quantitative estimate of drug-likeness (QED) is 0.114. The fourth-order valence-electron chi connectivity index (χ4n) is 5.98. The van der Waals surface area contributed by atoms with Crippen LogP contribution in [-0.2, 0) is 16.1 Å². The van der Waals surface area contributed by atoms with E-state index in [1.807, 2.05) is 71.4 Å². The summed E-state index contributed by atoms with van der Waals surface area (Å²) in [5.74, 6) is -1.06. The standard InChI is InChI=1S/C37H27FN4O5S/c1-2-47-36(44)32-33(24-8-4-3-5-9-24)39-37-41(34(32)25-14-16-27(38)17-15-25)35(43)31(48-37)20-26-22-40(30-11-7-6-10-29(26)30)21-23-12-18-28(19-13-23)42(45)46/h3-20,22,34H,2,21H2,1H3/b31-20-/t34-/m1/s1. The number of esters is 1. The number of para-hydroxylation sites is 1. The van der Waals surface area contributed by atoms with Crippen molar-refractivity contribution in [3.8, 4) is 0 Å². The van der Waals surface area contributed by atoms with Gasteiger partial charge in [-0.1, -0.05) is 84.1 Å². The van der Waals surface area contributed by atoms with Crippen LogP contribution in [0.4, 0.5) is 10.1 Å². The molecule has 1 atom stereocenters. The van der Waals surface area contributed by atoms with Crippen LogP contribution >= 0.6 is 11.3 Å². The first-order valence-electron chi connectivity index (χ1n) is 15.2. The molecule has 0 N–H and O–H groups in total. The number of nitro groups is 1. The van der Waals surface area contributed by atoms with Gasteiger partial charge in [0.1, 0.15) is 5.82 Å². The Morgan fingerprint density at radius 3 is 2.42 bits per heavy atom. The van der Waals surface area contributed by atoms with E-state index in [0.29, 0.717) is 32.7 Å². The molecule has 0 radical (unpaired) electrons. The molecule has 1 aliphatic rings. The van der Waals surface area contributed by atoms with Gasteiger partial charge in [0.2, 0.25) is 0 Å². The molecule has 9 nitrogen and oxygen atoms in total. The number of nitrogens with zero attached hydrogens (tertiary/aromatic N) is 4. The molecule has 0 bridgehead atoms. The fraction of sp³-hybridized carbons (Fsp3) is 0.108. The molecule has 7 rings (SSSR count). The van der Waals surface area contributed by atoms with Gasteiger partial charge in [-0.15, -0.1) is 0 Å². The number of carbonyl (C=O) groups is 1. The summed E-state index contributed by atoms with van der Waals surface area (Å²) in [5.41, 5.74) is 4.06. The smallest absolute Gasteiger partial charge is 0.338 e. The van der Waals surface area contributed by atoms with Crippen molar-refractivity contribution in [2.45, 2.75) is 19.5 Å². The first kappa shape index (κ1) is 30.7. The second-order valence-corrected chi connectivity index (χ2v) is 12.1. The van der Waals surface area contributed by atoms with Gasteiger partial charge in [0.05, 0.1) is 33.4 Å². The molecule has 0 saturated carbocycles. The van der Waals surface area contributed by atoms with Crippen molar-refractivity contribution in [3.63, 3.8) is 0 Å². The molecule has 48 heavy (non-hydrogen) atoms. The zero-order valence-corrected chi connectivity index (χ0v) is 26.4. The van der Waals surface area contributed by atoms with Crippen molar-refractivity contribution in [2.75, 3.05) is 6.61 Å². The highest BCUT2D eigenvalue weighted by molar-refractivity contribution is 7.07. The Balaban J connectivity index is 1.41. The molecule has 4 aromatic carbocycles. The van der Waals surface area contributed by atoms with E-state index in [1.54, 1.807) is 31.2 Å². The average molecular weight is 659 g/mol. The van der Waals surface area contributed by atoms with Gasteiger partial charge in [0, 0.05) is 46.9 Å². The van der Waals surface area contributed by atoms with Gasteiger partial charge in [-0.25, -0.2) is 14.2 Å². The van der Waals surface area contributed by atoms with Crippen LogP contribution in [0.15, 0.2) is 125 Å². The Morgan fingerprint density at radius 2 is 1.71 bits per heavy atom. The highest BCUT2D eigenvalue weighted by Gasteiger charge is 2.35. The number of aromatic nitrogens is 2. The minimum absolute atomic E-state index is 0.0210. The number of hydrogen-bond acceptors (Lipinski definition) is 7. The largest absolute Gasteiger partial charge is 0.463 e. The summed E-state index contributed by atoms with van der Waals surface area (Å²) in [7, 11) is 0. The van der Waals surface area contributed by atoms with E-state index in [0.717, 1.165) is 22.0 Å². The summed E-state index contributed by atoms with van der Waals surface area (Å²) in [4.78, 5) is 43.9. The zero-order chi connectivity index (χ0) is 33.4. The van der Waals surface area contributed by atoms with E-state index in [9.17, 15) is 24.1 Å². The number of fused-ring (bicyclic) bond motifs is 2. The molecule has 11 heteroatoms. The predicted octanol–water partition coefficient (Wildman–Crippen LogP) is 5.99. The van der Waals surface area contributed by atoms with Crippen LogP contribution in [0.25, 0.3) is 22.7 Å². The Hall–Kier alpha value is -5.94. The fourth-order valence-corrected chi connectivity index (χ4v) is 6.97. The summed E-state index contributed by atoms with van der Waals surface area (Å²) in [6, 6.07) is 28.3. The van der Waals surface area contributed by atoms with Gasteiger partial charge < -0.3 is 9.30 Å². The molecule has 6 aromatic rings. The van der Waals surface area contributed by atoms with E-state index >= 15 is 0 Å². The third-order valence-corrected chi connectivity index (χ3v) is 9.15. The number of thiazole rings is 1. The van der Waals surface area contributed by atoms with Crippen LogP contribution in [-0.4, -0.2) is 26.6 Å². The third kappa shape index (κ3) is 5.64. The van der Waals surface area contributed by atoms with E-state index in [4.69, 9.17) is 9.73 Å². The zero-order valence-electron chi connectivity index (χ0n) is 25.6. The molecule has 0 aliphatic carbocycles. The maximum absolute atomic E-state index is 14.3. The summed E-state index contributed by atoms with van der Waals surface area (Å²) in [6.07, 6.45) is 3.76. The third-order valence-electron chi connectivity index (χ3n) is 8.17. The van der Waals surface area contributed by atoms with E-state index in [-0.39, 0.29) is 23.4 Å². The van der Waals surface area contributed by atoms with E-state index < -0.39 is 22.8 Å². The molecule has 0 amide bonds. The van der Waals surface area contributed by atoms with Gasteiger partial charge in [-0.3, -0.25) is 19.5 Å². The van der Waals surface area contributed by atoms with Crippen molar-refractivity contribution in [1.29, 1.82) is 0 Å². The molecule has 0 saturated heterocycles. The SMILES string of the molecule is CCOC(=O)C1=C(c2ccccc2)N=c2s/c(=C\c3cn(Cc4ccc([N+](=O)[O-])cc4)c4ccccc34)c(=O)n2[C@@H]1c1ccc(F)cc1. The molecule has 0 fully saturated rings. The highest BCUT2D eigenvalue weighted by atomic mass is 32.1. The molecule has 2 aromatic heterocycles. The molecule has 1 aliphatic heterocycles. The van der Waals surface area contributed by atoms with Crippen molar-refractivity contribution in [3.05, 3.63) is 173 Å². The van der Waals surface area contributed by atoms with Gasteiger partial charge >= 0.3 is 5.97 Å². The molecule has 3 heterocycles. The highest BCUT2D eigenvalue weighted by Crippen LogP contribution is 2.35. The predicted molar refractivity (Wildman–Crippen MR) is 182 cm³/mol. The summed E-state index contributed by atoms with van der Waals surface area (Å²) in [5, 5.41) is 12.0. The minimum Gasteiger partial charge on any atom is -0.463 e. The van der Waals surface area contributed by atoms with Crippen LogP contribution in [0.5, 0.6) is 0 Å². The topological polar surface area (TPSA) is 109 Å². The summed E-state index contributed by atoms with van der Waals surface area (Å²) >= 11 is 1.20. The van der Waals surface area contributed by atoms with Gasteiger partial charge in [-0.05, 0) is 42.3 Å². The first-order chi connectivity index (χ1) is 23.3. The molecular weight excluding hydrogens is 631 g/mol. The van der Waals surface area contributed by atoms with Gasteiger partial charge in [0.15, 0.2) is 4.80 Å². The monoisotopic (exact) mass is 658 g/mol. The molecule has 0 spiro atoms. The lowest BCUT2D eigenvalue weighted by atomic mass is 9.93. The Labute approximate surface area is 277 Å². The van der Waals surface area contributed by atoms with Gasteiger partial charge in [0.25, 0.3) is 11.2 Å². The molecule has 238 valence electrons. The van der Waals surface area contributed by atoms with Crippen LogP contribution in [0.2, 0.25) is 0 Å². The average Bonchev–Trinajstić information content (AvgIpc) is 3.61. The number of hydrogen-bond donors (Lipinski definition) is 0. The number of halogens is 1. The number of nitro benzene ring substituents is 1. The van der Waals surface area contributed by atoms with Crippen molar-refractivity contribution in [1.82, 2.24) is 9.13 Å². The Bertz CT molecular complexity index is 2410. The van der Waals surface area contributed by atoms with E-state index in [2.05, 4.69) is 0 Å². The number of ether oxygens (including phenoxy) is 1. The van der Waals surface area contributed by atoms with Crippen LogP contribution in [0.1, 0.15) is 35.2 Å². The number of non-ortho nitro benzene ring substituents is 1. The van der Waals surface area contributed by atoms with Crippen molar-refractivity contribution >= 4 is 45.7 Å². The number of benzene rings is 4. The minimum atomic E-state index is -0.915. The second kappa shape index (κ2) is 12.7. The van der Waals surface area contributed by atoms with Crippen LogP contribution < -0.4 is 14.9 Å². The van der Waals surface area contributed by atoms with Crippen molar-refractivity contribution in [2.24, 2.45) is 4.99 Å². The maximum atomic E-state index is 14.3. The number of rotatable bonds is 8. The Morgan fingerprint density at radius 1 is 1.00 bits per heavy atom. The normalized spacial score (nSPS) is 14.5. The van der Waals surface area contributed by atoms with E-state index in [1.165, 1.54) is 40.2 Å². The molecule has 0 unspecified atom stereocenters. The van der Waals surface area contributed by atoms with Crippen LogP contribution in [0.3, 0.4) is 0 Å². The van der Waals surface area contributed by atoms with Gasteiger partial charge in [-0.2, -0.15) is 0 Å². The first-order valence-corrected chi connectivity index (χ1v) is 16.0. The molecular formula is C37H27FN4O5S. The lowest BCUT2D eigenvalue weighted by molar-refractivity contribution is -0.384. The van der Waals surface area contributed by atoms with Crippen molar-refractivity contribution < 1.29 is 18.8 Å². The number of carbonyl (C=O) groups excluding carboxylic acids is 1. The summed E-state index contributed by atoms with van der Waals surface area (Å²) < 4.78 is 23.5. The lowest BCUT2D eigenvalue weighted by Crippen LogP contribution is -2.40. The van der Waals surface area contributed by atoms with Crippen LogP contribution in [0, 0.1) is 15.9 Å². The maximum Gasteiger partial charge on any atom is 0.338 e. The second-order valence-electron chi connectivity index (χ2n) is 11.1.